The van der Waals surface area contributed by atoms with Crippen LogP contribution in [0.4, 0.5) is 0 Å². The number of carbonyl (C=O) groups is 2. The van der Waals surface area contributed by atoms with Crippen molar-refractivity contribution in [3.8, 4) is 16.9 Å². The van der Waals surface area contributed by atoms with Crippen molar-refractivity contribution in [2.45, 2.75) is 44.3 Å². The van der Waals surface area contributed by atoms with Crippen LogP contribution >= 0.6 is 22.9 Å². The molecule has 1 N–H and O–H groups in total. The van der Waals surface area contributed by atoms with Gasteiger partial charge in [-0.3, -0.25) is 14.6 Å². The normalized spacial score (nSPS) is 16.5. The summed E-state index contributed by atoms with van der Waals surface area (Å²) < 4.78 is 6.61. The molecule has 43 heavy (non-hydrogen) atoms. The van der Waals surface area contributed by atoms with E-state index in [0.29, 0.717) is 22.2 Å². The summed E-state index contributed by atoms with van der Waals surface area (Å²) in [4.78, 5) is 33.5. The first-order valence-electron chi connectivity index (χ1n) is 14.5. The minimum absolute atomic E-state index is 0.0204. The number of para-hydroxylation sites is 1. The molecule has 0 aliphatic heterocycles. The summed E-state index contributed by atoms with van der Waals surface area (Å²) in [5.74, 6) is 0.484. The standard InChI is InChI=1S/C35H32ClN3O3S/c36-33-30-11-4-5-12-31(30)43-34(33)35(41)39(22-24-7-6-8-26(21-24)25-17-19-37-20-18-25)28-15-13-27(14-16-28)38-32(40)23-42-29-9-2-1-3-10-29/h1-12,17-21,27-28H,13-16,22-23H2,(H,38,40). The van der Waals surface area contributed by atoms with Crippen LogP contribution in [0.15, 0.2) is 103 Å². The highest BCUT2D eigenvalue weighted by atomic mass is 35.5. The zero-order chi connectivity index (χ0) is 29.6. The van der Waals surface area contributed by atoms with Crippen molar-refractivity contribution in [1.29, 1.82) is 0 Å². The van der Waals surface area contributed by atoms with Crippen molar-refractivity contribution < 1.29 is 14.3 Å². The van der Waals surface area contributed by atoms with E-state index in [-0.39, 0.29) is 30.5 Å². The molecule has 0 unspecified atom stereocenters. The Morgan fingerprint density at radius 3 is 2.40 bits per heavy atom. The van der Waals surface area contributed by atoms with Gasteiger partial charge in [0.1, 0.15) is 10.6 Å². The Morgan fingerprint density at radius 1 is 0.884 bits per heavy atom. The molecule has 3 aromatic carbocycles. The molecule has 0 atom stereocenters. The summed E-state index contributed by atoms with van der Waals surface area (Å²) >= 11 is 8.24. The lowest BCUT2D eigenvalue weighted by Crippen LogP contribution is -2.46. The van der Waals surface area contributed by atoms with Gasteiger partial charge in [-0.2, -0.15) is 0 Å². The maximum atomic E-state index is 14.2. The molecule has 6 rings (SSSR count). The second-order valence-electron chi connectivity index (χ2n) is 10.8. The topological polar surface area (TPSA) is 71.5 Å². The number of thiophene rings is 1. The fraction of sp³-hybridized carbons (Fsp3) is 0.229. The summed E-state index contributed by atoms with van der Waals surface area (Å²) in [5, 5.41) is 4.54. The van der Waals surface area contributed by atoms with Crippen molar-refractivity contribution in [2.75, 3.05) is 6.61 Å². The van der Waals surface area contributed by atoms with Crippen molar-refractivity contribution in [1.82, 2.24) is 15.2 Å². The van der Waals surface area contributed by atoms with Gasteiger partial charge in [0.05, 0.1) is 5.02 Å². The highest BCUT2D eigenvalue weighted by Gasteiger charge is 2.32. The third-order valence-corrected chi connectivity index (χ3v) is 9.56. The molecule has 1 saturated carbocycles. The number of carbonyl (C=O) groups excluding carboxylic acids is 2. The average molecular weight is 610 g/mol. The van der Waals surface area contributed by atoms with E-state index in [0.717, 1.165) is 52.5 Å². The summed E-state index contributed by atoms with van der Waals surface area (Å²) in [6.07, 6.45) is 6.69. The van der Waals surface area contributed by atoms with Crippen molar-refractivity contribution in [3.63, 3.8) is 0 Å². The maximum absolute atomic E-state index is 14.2. The van der Waals surface area contributed by atoms with Crippen molar-refractivity contribution in [3.05, 3.63) is 119 Å². The number of ether oxygens (including phenoxy) is 1. The van der Waals surface area contributed by atoms with Gasteiger partial charge in [-0.05, 0) is 78.8 Å². The number of aromatic nitrogens is 1. The average Bonchev–Trinajstić information content (AvgIpc) is 3.40. The predicted octanol–water partition coefficient (Wildman–Crippen LogP) is 7.77. The molecular weight excluding hydrogens is 578 g/mol. The molecule has 2 aromatic heterocycles. The number of nitrogens with one attached hydrogen (secondary N) is 1. The van der Waals surface area contributed by atoms with Crippen LogP contribution in [0.2, 0.25) is 5.02 Å². The monoisotopic (exact) mass is 609 g/mol. The number of benzene rings is 3. The van der Waals surface area contributed by atoms with E-state index in [9.17, 15) is 9.59 Å². The Balaban J connectivity index is 1.18. The Hall–Kier alpha value is -4.20. The number of hydrogen-bond acceptors (Lipinski definition) is 5. The molecule has 0 bridgehead atoms. The first kappa shape index (κ1) is 28.9. The molecule has 5 aromatic rings. The van der Waals surface area contributed by atoms with E-state index >= 15 is 0 Å². The Morgan fingerprint density at radius 2 is 1.63 bits per heavy atom. The lowest BCUT2D eigenvalue weighted by atomic mass is 9.89. The molecule has 0 radical (unpaired) electrons. The number of hydrogen-bond donors (Lipinski definition) is 1. The van der Waals surface area contributed by atoms with E-state index in [1.54, 1.807) is 12.4 Å². The lowest BCUT2D eigenvalue weighted by molar-refractivity contribution is -0.124. The van der Waals surface area contributed by atoms with Crippen LogP contribution in [-0.2, 0) is 11.3 Å². The van der Waals surface area contributed by atoms with Gasteiger partial charge < -0.3 is 15.0 Å². The Bertz CT molecular complexity index is 1700. The second-order valence-corrected chi connectivity index (χ2v) is 12.2. The van der Waals surface area contributed by atoms with Crippen LogP contribution in [0.5, 0.6) is 5.75 Å². The van der Waals surface area contributed by atoms with Crippen LogP contribution in [0.25, 0.3) is 21.2 Å². The first-order chi connectivity index (χ1) is 21.0. The summed E-state index contributed by atoms with van der Waals surface area (Å²) in [6, 6.07) is 29.5. The van der Waals surface area contributed by atoms with Crippen LogP contribution in [0.1, 0.15) is 40.9 Å². The number of nitrogens with zero attached hydrogens (tertiary/aromatic N) is 2. The third kappa shape index (κ3) is 6.90. The smallest absolute Gasteiger partial charge is 0.266 e. The minimum atomic E-state index is -0.134. The van der Waals surface area contributed by atoms with Gasteiger partial charge >= 0.3 is 0 Å². The van der Waals surface area contributed by atoms with Crippen molar-refractivity contribution in [2.24, 2.45) is 0 Å². The van der Waals surface area contributed by atoms with Crippen LogP contribution in [0.3, 0.4) is 0 Å². The van der Waals surface area contributed by atoms with E-state index in [4.69, 9.17) is 16.3 Å². The number of pyridine rings is 1. The molecule has 1 aliphatic carbocycles. The van der Waals surface area contributed by atoms with Gasteiger partial charge in [0.25, 0.3) is 11.8 Å². The fourth-order valence-corrected chi connectivity index (χ4v) is 7.17. The second kappa shape index (κ2) is 13.4. The molecule has 6 nitrogen and oxygen atoms in total. The molecule has 0 spiro atoms. The molecule has 1 fully saturated rings. The Labute approximate surface area is 260 Å². The number of rotatable bonds is 9. The summed E-state index contributed by atoms with van der Waals surface area (Å²) in [5.41, 5.74) is 3.21. The number of halogens is 1. The third-order valence-electron chi connectivity index (χ3n) is 7.90. The summed E-state index contributed by atoms with van der Waals surface area (Å²) in [7, 11) is 0. The quantitative estimate of drug-likeness (QED) is 0.185. The highest BCUT2D eigenvalue weighted by Crippen LogP contribution is 2.37. The van der Waals surface area contributed by atoms with E-state index in [2.05, 4.69) is 28.5 Å². The highest BCUT2D eigenvalue weighted by molar-refractivity contribution is 7.21. The van der Waals surface area contributed by atoms with E-state index in [1.165, 1.54) is 11.3 Å². The molecule has 1 aliphatic rings. The zero-order valence-corrected chi connectivity index (χ0v) is 25.2. The minimum Gasteiger partial charge on any atom is -0.484 e. The van der Waals surface area contributed by atoms with E-state index < -0.39 is 0 Å². The summed E-state index contributed by atoms with van der Waals surface area (Å²) in [6.45, 7) is 0.446. The molecule has 2 heterocycles. The lowest BCUT2D eigenvalue weighted by Gasteiger charge is -2.37. The van der Waals surface area contributed by atoms with E-state index in [1.807, 2.05) is 77.7 Å². The first-order valence-corrected chi connectivity index (χ1v) is 15.7. The molecule has 8 heteroatoms. The van der Waals surface area contributed by atoms with Gasteiger partial charge in [-0.1, -0.05) is 66.2 Å². The maximum Gasteiger partial charge on any atom is 0.266 e. The SMILES string of the molecule is O=C(COc1ccccc1)NC1CCC(N(Cc2cccc(-c3ccncc3)c2)C(=O)c2sc3ccccc3c2Cl)CC1. The molecule has 218 valence electrons. The van der Waals surface area contributed by atoms with Gasteiger partial charge in [0.2, 0.25) is 0 Å². The molecular formula is C35H32ClN3O3S. The van der Waals surface area contributed by atoms with Crippen LogP contribution < -0.4 is 10.1 Å². The molecule has 0 saturated heterocycles. The van der Waals surface area contributed by atoms with Gasteiger partial charge in [0.15, 0.2) is 6.61 Å². The predicted molar refractivity (Wildman–Crippen MR) is 173 cm³/mol. The van der Waals surface area contributed by atoms with Crippen LogP contribution in [0, 0.1) is 0 Å². The fourth-order valence-electron chi connectivity index (χ4n) is 5.71. The van der Waals surface area contributed by atoms with Gasteiger partial charge in [-0.25, -0.2) is 0 Å². The zero-order valence-electron chi connectivity index (χ0n) is 23.6. The number of fused-ring (bicyclic) bond motifs is 1. The van der Waals surface area contributed by atoms with Gasteiger partial charge in [0, 0.05) is 41.1 Å². The van der Waals surface area contributed by atoms with Crippen molar-refractivity contribution >= 4 is 44.8 Å². The Kier molecular flexibility index (Phi) is 9.01. The van der Waals surface area contributed by atoms with Crippen LogP contribution in [-0.4, -0.2) is 40.4 Å². The number of amides is 2. The molecule has 2 amide bonds. The van der Waals surface area contributed by atoms with Gasteiger partial charge in [-0.15, -0.1) is 11.3 Å². The largest absolute Gasteiger partial charge is 0.484 e.